The highest BCUT2D eigenvalue weighted by atomic mass is 28.4. The van der Waals surface area contributed by atoms with Crippen LogP contribution in [0.5, 0.6) is 5.75 Å². The van der Waals surface area contributed by atoms with Crippen molar-refractivity contribution in [2.45, 2.75) is 123 Å². The zero-order chi connectivity index (χ0) is 37.2. The molecule has 7 nitrogen and oxygen atoms in total. The number of carbonyl (C=O) groups excluding carboxylic acids is 2. The molecule has 0 aliphatic heterocycles. The average molecular weight is 716 g/mol. The number of nitrogens with one attached hydrogen (secondary N) is 1. The third-order valence-corrected chi connectivity index (χ3v) is 14.7. The van der Waals surface area contributed by atoms with Gasteiger partial charge in [-0.25, -0.2) is 22.8 Å². The Kier molecular flexibility index (Phi) is 15.8. The molecule has 0 radical (unpaired) electrons. The van der Waals surface area contributed by atoms with Crippen molar-refractivity contribution in [1.29, 1.82) is 0 Å². The van der Waals surface area contributed by atoms with E-state index in [0.29, 0.717) is 12.8 Å². The maximum absolute atomic E-state index is 14.3. The number of esters is 1. The lowest BCUT2D eigenvalue weighted by Gasteiger charge is -2.46. The minimum atomic E-state index is -2.60. The van der Waals surface area contributed by atoms with Gasteiger partial charge in [-0.2, -0.15) is 8.78 Å². The summed E-state index contributed by atoms with van der Waals surface area (Å²) in [6.45, 7) is 21.7. The summed E-state index contributed by atoms with van der Waals surface area (Å²) in [5, 5.41) is 2.95. The van der Waals surface area contributed by atoms with E-state index < -0.39 is 79.4 Å². The molecule has 0 saturated carbocycles. The van der Waals surface area contributed by atoms with Crippen LogP contribution in [0, 0.1) is 35.0 Å². The number of amides is 1. The molecule has 274 valence electrons. The first-order valence-electron chi connectivity index (χ1n) is 16.6. The maximum Gasteiger partial charge on any atom is 0.407 e. The summed E-state index contributed by atoms with van der Waals surface area (Å²) >= 11 is 0. The molecule has 0 heterocycles. The van der Waals surface area contributed by atoms with Crippen molar-refractivity contribution < 1.29 is 50.2 Å². The standard InChI is InChI=1S/C36H50F5NO6Si/c1-11-15-26(42-36(44)45-19-25-16-13-12-14-17-25)27(48-49(21(4)5,22(6)7)23(8)9)18-24(10)46-33(20(2)3)35(43)47-34-31(40)29(38)28(37)30(39)32(34)41/h12-14,16-17,20-23,26-27,33H,10-11,15,18-19H2,1-9H3,(H,42,44)/t26-,27+,33+/m1/s1. The van der Waals surface area contributed by atoms with E-state index >= 15 is 0 Å². The number of halogens is 5. The Morgan fingerprint density at radius 3 is 1.80 bits per heavy atom. The van der Waals surface area contributed by atoms with E-state index in [4.69, 9.17) is 18.6 Å². The summed E-state index contributed by atoms with van der Waals surface area (Å²) in [4.78, 5) is 26.2. The summed E-state index contributed by atoms with van der Waals surface area (Å²) in [6, 6.07) is 8.62. The molecule has 2 aromatic rings. The van der Waals surface area contributed by atoms with E-state index in [1.165, 1.54) is 0 Å². The Morgan fingerprint density at radius 1 is 0.816 bits per heavy atom. The fourth-order valence-electron chi connectivity index (χ4n) is 6.26. The number of hydrogen-bond donors (Lipinski definition) is 1. The van der Waals surface area contributed by atoms with Gasteiger partial charge in [0.25, 0.3) is 0 Å². The van der Waals surface area contributed by atoms with Crippen molar-refractivity contribution in [2.75, 3.05) is 0 Å². The summed E-state index contributed by atoms with van der Waals surface area (Å²) in [6.07, 6.45) is -1.75. The molecule has 3 atom stereocenters. The monoisotopic (exact) mass is 715 g/mol. The molecule has 0 spiro atoms. The van der Waals surface area contributed by atoms with Crippen LogP contribution in [-0.2, 0) is 25.3 Å². The lowest BCUT2D eigenvalue weighted by Crippen LogP contribution is -2.55. The van der Waals surface area contributed by atoms with Gasteiger partial charge < -0.3 is 24.0 Å². The molecule has 1 amide bonds. The van der Waals surface area contributed by atoms with Gasteiger partial charge in [-0.05, 0) is 28.6 Å². The van der Waals surface area contributed by atoms with Crippen LogP contribution in [0.25, 0.3) is 0 Å². The van der Waals surface area contributed by atoms with Gasteiger partial charge in [0.05, 0.1) is 17.9 Å². The van der Waals surface area contributed by atoms with E-state index in [1.807, 2.05) is 37.3 Å². The van der Waals surface area contributed by atoms with Gasteiger partial charge in [-0.3, -0.25) is 0 Å². The summed E-state index contributed by atoms with van der Waals surface area (Å²) in [5.41, 5.74) is 1.30. The predicted molar refractivity (Wildman–Crippen MR) is 180 cm³/mol. The molecular formula is C36H50F5NO6Si. The fourth-order valence-corrected chi connectivity index (χ4v) is 11.8. The molecule has 0 saturated heterocycles. The minimum Gasteiger partial charge on any atom is -0.483 e. The summed E-state index contributed by atoms with van der Waals surface area (Å²) < 4.78 is 93.0. The second-order valence-corrected chi connectivity index (χ2v) is 18.8. The average Bonchev–Trinajstić information content (AvgIpc) is 3.04. The van der Waals surface area contributed by atoms with Crippen molar-refractivity contribution in [3.63, 3.8) is 0 Å². The minimum absolute atomic E-state index is 0.0103. The largest absolute Gasteiger partial charge is 0.483 e. The van der Waals surface area contributed by atoms with Crippen LogP contribution in [-0.4, -0.2) is 38.6 Å². The van der Waals surface area contributed by atoms with Crippen LogP contribution in [0.3, 0.4) is 0 Å². The predicted octanol–water partition coefficient (Wildman–Crippen LogP) is 9.89. The van der Waals surface area contributed by atoms with Crippen molar-refractivity contribution in [2.24, 2.45) is 5.92 Å². The number of alkyl carbamates (subject to hydrolysis) is 1. The Balaban J connectivity index is 2.42. The zero-order valence-electron chi connectivity index (χ0n) is 29.8. The molecule has 0 fully saturated rings. The Labute approximate surface area is 287 Å². The molecule has 0 unspecified atom stereocenters. The molecule has 0 aliphatic carbocycles. The van der Waals surface area contributed by atoms with Gasteiger partial charge in [0.15, 0.2) is 6.10 Å². The van der Waals surface area contributed by atoms with E-state index in [0.717, 1.165) is 5.56 Å². The van der Waals surface area contributed by atoms with Crippen LogP contribution in [0.2, 0.25) is 16.6 Å². The van der Waals surface area contributed by atoms with Crippen molar-refractivity contribution in [3.05, 3.63) is 77.3 Å². The number of rotatable bonds is 18. The molecule has 0 aromatic heterocycles. The highest BCUT2D eigenvalue weighted by molar-refractivity contribution is 6.77. The number of hydrogen-bond acceptors (Lipinski definition) is 6. The second-order valence-electron chi connectivity index (χ2n) is 13.4. The van der Waals surface area contributed by atoms with Gasteiger partial charge in [0.2, 0.25) is 43.2 Å². The van der Waals surface area contributed by atoms with Gasteiger partial charge in [0, 0.05) is 12.3 Å². The Hall–Kier alpha value is -3.45. The molecule has 2 rings (SSSR count). The second kappa shape index (κ2) is 18.5. The first kappa shape index (κ1) is 41.7. The van der Waals surface area contributed by atoms with E-state index in [1.54, 1.807) is 13.8 Å². The van der Waals surface area contributed by atoms with E-state index in [2.05, 4.69) is 53.4 Å². The van der Waals surface area contributed by atoms with E-state index in [9.17, 15) is 31.5 Å². The smallest absolute Gasteiger partial charge is 0.407 e. The van der Waals surface area contributed by atoms with Crippen LogP contribution in [0.15, 0.2) is 42.7 Å². The molecule has 1 N–H and O–H groups in total. The Bertz CT molecular complexity index is 1370. The molecule has 13 heteroatoms. The van der Waals surface area contributed by atoms with E-state index in [-0.39, 0.29) is 35.4 Å². The molecule has 0 aliphatic rings. The summed E-state index contributed by atoms with van der Waals surface area (Å²) in [7, 11) is -2.60. The van der Waals surface area contributed by atoms with Crippen molar-refractivity contribution in [3.8, 4) is 5.75 Å². The zero-order valence-corrected chi connectivity index (χ0v) is 30.8. The molecule has 49 heavy (non-hydrogen) atoms. The highest BCUT2D eigenvalue weighted by Gasteiger charge is 2.48. The lowest BCUT2D eigenvalue weighted by atomic mass is 10.0. The first-order chi connectivity index (χ1) is 22.9. The number of benzene rings is 2. The van der Waals surface area contributed by atoms with Gasteiger partial charge in [0.1, 0.15) is 6.61 Å². The van der Waals surface area contributed by atoms with Crippen LogP contribution < -0.4 is 10.1 Å². The molecular weight excluding hydrogens is 665 g/mol. The first-order valence-corrected chi connectivity index (χ1v) is 18.7. The molecule has 2 aromatic carbocycles. The van der Waals surface area contributed by atoms with Crippen molar-refractivity contribution >= 4 is 20.4 Å². The normalized spacial score (nSPS) is 13.8. The quantitative estimate of drug-likeness (QED) is 0.0315. The number of carbonyl (C=O) groups is 2. The van der Waals surface area contributed by atoms with Crippen LogP contribution >= 0.6 is 0 Å². The lowest BCUT2D eigenvalue weighted by molar-refractivity contribution is -0.148. The maximum atomic E-state index is 14.3. The fraction of sp³-hybridized carbons (Fsp3) is 0.556. The Morgan fingerprint density at radius 2 is 1.33 bits per heavy atom. The SMILES string of the molecule is C=C(C[C@H](O[Si](C(C)C)(C(C)C)C(C)C)[C@@H](CCC)NC(=O)OCc1ccccc1)O[C@H](C(=O)Oc1c(F)c(F)c(F)c(F)c1F)C(C)C. The van der Waals surface area contributed by atoms with Gasteiger partial charge in [-0.1, -0.05) is 106 Å². The highest BCUT2D eigenvalue weighted by Crippen LogP contribution is 2.44. The summed E-state index contributed by atoms with van der Waals surface area (Å²) in [5.74, 6) is -15.2. The van der Waals surface area contributed by atoms with Gasteiger partial charge >= 0.3 is 12.1 Å². The molecule has 0 bridgehead atoms. The van der Waals surface area contributed by atoms with Crippen molar-refractivity contribution in [1.82, 2.24) is 5.32 Å². The third-order valence-electron chi connectivity index (χ3n) is 8.56. The third kappa shape index (κ3) is 10.5. The number of ether oxygens (including phenoxy) is 3. The van der Waals surface area contributed by atoms with Gasteiger partial charge in [-0.15, -0.1) is 0 Å². The van der Waals surface area contributed by atoms with Crippen LogP contribution in [0.1, 0.15) is 87.1 Å². The van der Waals surface area contributed by atoms with Crippen LogP contribution in [0.4, 0.5) is 26.7 Å². The topological polar surface area (TPSA) is 83.1 Å².